The average Bonchev–Trinajstić information content (AvgIpc) is 1.58. The van der Waals surface area contributed by atoms with Gasteiger partial charge in [-0.15, -0.1) is 0 Å². The standard InChI is InChI=1S/C4H8N2O4/c1-3(7)10-4(8)5-6(2)9/h4,8H,1-2H3/b6-5+. The van der Waals surface area contributed by atoms with Crippen molar-refractivity contribution < 1.29 is 19.5 Å². The molecule has 0 aromatic heterocycles. The molecule has 0 aliphatic heterocycles. The van der Waals surface area contributed by atoms with E-state index in [1.165, 1.54) is 0 Å². The van der Waals surface area contributed by atoms with Crippen LogP contribution in [0.1, 0.15) is 6.92 Å². The minimum absolute atomic E-state index is 0.105. The Morgan fingerprint density at radius 1 is 1.90 bits per heavy atom. The molecule has 1 N–H and O–H groups in total. The highest BCUT2D eigenvalue weighted by molar-refractivity contribution is 5.65. The van der Waals surface area contributed by atoms with Crippen molar-refractivity contribution in [2.75, 3.05) is 7.05 Å². The Labute approximate surface area is 57.3 Å². The zero-order valence-electron chi connectivity index (χ0n) is 5.64. The lowest BCUT2D eigenvalue weighted by atomic mass is 10.8. The van der Waals surface area contributed by atoms with Crippen molar-refractivity contribution in [3.8, 4) is 0 Å². The van der Waals surface area contributed by atoms with Crippen LogP contribution in [0, 0.1) is 5.21 Å². The number of esters is 1. The van der Waals surface area contributed by atoms with Gasteiger partial charge in [0.25, 0.3) is 0 Å². The Kier molecular flexibility index (Phi) is 3.34. The summed E-state index contributed by atoms with van der Waals surface area (Å²) in [5.41, 5.74) is 0. The molecule has 0 aliphatic rings. The molecule has 0 saturated carbocycles. The van der Waals surface area contributed by atoms with Crippen LogP contribution in [0.3, 0.4) is 0 Å². The molecule has 58 valence electrons. The molecule has 0 aromatic rings. The summed E-state index contributed by atoms with van der Waals surface area (Å²) in [6, 6.07) is 0. The second-order valence-electron chi connectivity index (χ2n) is 1.52. The Bertz CT molecular complexity index is 151. The molecule has 1 unspecified atom stereocenters. The first kappa shape index (κ1) is 8.83. The molecule has 0 heterocycles. The van der Waals surface area contributed by atoms with Crippen LogP contribution in [-0.4, -0.2) is 29.4 Å². The Morgan fingerprint density at radius 2 is 2.40 bits per heavy atom. The zero-order valence-corrected chi connectivity index (χ0v) is 5.64. The molecule has 0 aliphatic carbocycles. The number of carbonyl (C=O) groups is 1. The van der Waals surface area contributed by atoms with Crippen molar-refractivity contribution in [1.29, 1.82) is 0 Å². The van der Waals surface area contributed by atoms with Crippen molar-refractivity contribution in [3.05, 3.63) is 5.21 Å². The lowest BCUT2D eigenvalue weighted by molar-refractivity contribution is -0.513. The summed E-state index contributed by atoms with van der Waals surface area (Å²) < 4.78 is 4.07. The average molecular weight is 148 g/mol. The van der Waals surface area contributed by atoms with Gasteiger partial charge in [0, 0.05) is 12.0 Å². The minimum Gasteiger partial charge on any atom is -0.600 e. The van der Waals surface area contributed by atoms with Gasteiger partial charge < -0.3 is 15.1 Å². The van der Waals surface area contributed by atoms with Gasteiger partial charge in [0.1, 0.15) is 0 Å². The predicted octanol–water partition coefficient (Wildman–Crippen LogP) is -0.582. The molecule has 0 aromatic carbocycles. The van der Waals surface area contributed by atoms with Crippen molar-refractivity contribution in [2.24, 2.45) is 5.11 Å². The fraction of sp³-hybridized carbons (Fsp3) is 0.750. The number of rotatable bonds is 2. The number of nitrogens with zero attached hydrogens (tertiary/aromatic N) is 2. The number of aliphatic hydroxyl groups excluding tert-OH is 1. The van der Waals surface area contributed by atoms with Crippen LogP contribution >= 0.6 is 0 Å². The molecular weight excluding hydrogens is 140 g/mol. The van der Waals surface area contributed by atoms with E-state index in [1.54, 1.807) is 0 Å². The van der Waals surface area contributed by atoms with Gasteiger partial charge in [0.05, 0.1) is 0 Å². The van der Waals surface area contributed by atoms with E-state index in [1.807, 2.05) is 0 Å². The van der Waals surface area contributed by atoms with E-state index in [9.17, 15) is 10.0 Å². The van der Waals surface area contributed by atoms with Crippen molar-refractivity contribution >= 4 is 5.97 Å². The number of aliphatic hydroxyl groups is 1. The van der Waals surface area contributed by atoms with Gasteiger partial charge in [-0.05, 0) is 0 Å². The number of hydroxylamine groups is 1. The highest BCUT2D eigenvalue weighted by atomic mass is 16.7. The monoisotopic (exact) mass is 148 g/mol. The first-order valence-corrected chi connectivity index (χ1v) is 2.49. The van der Waals surface area contributed by atoms with E-state index < -0.39 is 12.4 Å². The Hall–Kier alpha value is -1.17. The van der Waals surface area contributed by atoms with E-state index in [2.05, 4.69) is 9.85 Å². The number of hydrogen-bond donors (Lipinski definition) is 1. The normalized spacial score (nSPS) is 14.5. The topological polar surface area (TPSA) is 85.0 Å². The predicted molar refractivity (Wildman–Crippen MR) is 29.8 cm³/mol. The molecule has 6 nitrogen and oxygen atoms in total. The third-order valence-electron chi connectivity index (χ3n) is 0.533. The smallest absolute Gasteiger partial charge is 0.360 e. The summed E-state index contributed by atoms with van der Waals surface area (Å²) in [7, 11) is 1.06. The van der Waals surface area contributed by atoms with Crippen LogP contribution in [0.5, 0.6) is 0 Å². The van der Waals surface area contributed by atoms with E-state index in [0.717, 1.165) is 14.0 Å². The fourth-order valence-corrected chi connectivity index (χ4v) is 0.311. The van der Waals surface area contributed by atoms with Gasteiger partial charge in [0.2, 0.25) is 0 Å². The number of azo groups is 1. The number of hydrogen-bond acceptors (Lipinski definition) is 5. The van der Waals surface area contributed by atoms with E-state index in [4.69, 9.17) is 5.11 Å². The largest absolute Gasteiger partial charge is 0.600 e. The third kappa shape index (κ3) is 4.98. The number of ether oxygens (including phenoxy) is 1. The SMILES string of the molecule is CC(=O)OC(O)/N=[N+](\C)[O-]. The van der Waals surface area contributed by atoms with Crippen molar-refractivity contribution in [1.82, 2.24) is 0 Å². The Morgan fingerprint density at radius 3 is 2.70 bits per heavy atom. The molecule has 0 radical (unpaired) electrons. The van der Waals surface area contributed by atoms with E-state index in [-0.39, 0.29) is 4.86 Å². The molecule has 0 spiro atoms. The molecule has 0 amide bonds. The first-order chi connectivity index (χ1) is 4.52. The maximum atomic E-state index is 10.1. The third-order valence-corrected chi connectivity index (χ3v) is 0.533. The lowest BCUT2D eigenvalue weighted by Gasteiger charge is -2.01. The maximum absolute atomic E-state index is 10.1. The summed E-state index contributed by atoms with van der Waals surface area (Å²) >= 11 is 0. The van der Waals surface area contributed by atoms with Gasteiger partial charge >= 0.3 is 12.4 Å². The lowest BCUT2D eigenvalue weighted by Crippen LogP contribution is -2.14. The van der Waals surface area contributed by atoms with Gasteiger partial charge in [-0.1, -0.05) is 4.86 Å². The molecule has 6 heteroatoms. The number of carbonyl (C=O) groups excluding carboxylic acids is 1. The molecule has 0 fully saturated rings. The van der Waals surface area contributed by atoms with Crippen LogP contribution < -0.4 is 0 Å². The zero-order chi connectivity index (χ0) is 8.15. The first-order valence-electron chi connectivity index (χ1n) is 2.49. The Balaban J connectivity index is 3.75. The molecule has 0 bridgehead atoms. The van der Waals surface area contributed by atoms with Crippen LogP contribution in [0.25, 0.3) is 0 Å². The highest BCUT2D eigenvalue weighted by Crippen LogP contribution is 1.88. The van der Waals surface area contributed by atoms with Gasteiger partial charge in [-0.25, -0.2) is 0 Å². The summed E-state index contributed by atoms with van der Waals surface area (Å²) in [6.45, 7) is 1.10. The van der Waals surface area contributed by atoms with Crippen LogP contribution in [0.4, 0.5) is 0 Å². The minimum atomic E-state index is -1.69. The van der Waals surface area contributed by atoms with Crippen molar-refractivity contribution in [2.45, 2.75) is 13.3 Å². The second kappa shape index (κ2) is 3.78. The molecule has 1 atom stereocenters. The highest BCUT2D eigenvalue weighted by Gasteiger charge is 2.06. The van der Waals surface area contributed by atoms with Gasteiger partial charge in [-0.3, -0.25) is 4.79 Å². The van der Waals surface area contributed by atoms with Gasteiger partial charge in [0.15, 0.2) is 7.05 Å². The van der Waals surface area contributed by atoms with Gasteiger partial charge in [-0.2, -0.15) is 0 Å². The summed E-state index contributed by atoms with van der Waals surface area (Å²) in [5, 5.41) is 21.5. The van der Waals surface area contributed by atoms with Crippen LogP contribution in [-0.2, 0) is 9.53 Å². The molecule has 10 heavy (non-hydrogen) atoms. The molecule has 0 rings (SSSR count). The van der Waals surface area contributed by atoms with Crippen molar-refractivity contribution in [3.63, 3.8) is 0 Å². The fourth-order valence-electron chi connectivity index (χ4n) is 0.311. The quantitative estimate of drug-likeness (QED) is 0.186. The van der Waals surface area contributed by atoms with Crippen LogP contribution in [0.2, 0.25) is 0 Å². The molecule has 0 saturated heterocycles. The van der Waals surface area contributed by atoms with Crippen LogP contribution in [0.15, 0.2) is 5.11 Å². The summed E-state index contributed by atoms with van der Waals surface area (Å²) in [4.78, 5) is 10.2. The summed E-state index contributed by atoms with van der Waals surface area (Å²) in [5.74, 6) is -0.696. The molecular formula is C4H8N2O4. The second-order valence-corrected chi connectivity index (χ2v) is 1.52. The van der Waals surface area contributed by atoms with E-state index in [0.29, 0.717) is 0 Å². The van der Waals surface area contributed by atoms with E-state index >= 15 is 0 Å². The maximum Gasteiger partial charge on any atom is 0.360 e. The summed E-state index contributed by atoms with van der Waals surface area (Å²) in [6.07, 6.45) is -1.69.